The molecule has 0 aliphatic rings. The molecule has 0 bridgehead atoms. The molecule has 22 heavy (non-hydrogen) atoms. The highest BCUT2D eigenvalue weighted by atomic mass is 17.0. The highest BCUT2D eigenvalue weighted by Gasteiger charge is 2.06. The van der Waals surface area contributed by atoms with Gasteiger partial charge in [-0.1, -0.05) is 19.9 Å². The van der Waals surface area contributed by atoms with Crippen LogP contribution in [0.2, 0.25) is 0 Å². The first-order valence-corrected chi connectivity index (χ1v) is 7.01. The second kappa shape index (κ2) is 9.80. The lowest BCUT2D eigenvalue weighted by atomic mass is 10.3. The van der Waals surface area contributed by atoms with Crippen molar-refractivity contribution >= 4 is 0 Å². The summed E-state index contributed by atoms with van der Waals surface area (Å²) >= 11 is 0. The Hall–Kier alpha value is -2.06. The zero-order valence-electron chi connectivity index (χ0n) is 12.7. The lowest BCUT2D eigenvalue weighted by molar-refractivity contribution is -0.757. The third-order valence-corrected chi connectivity index (χ3v) is 2.56. The number of ether oxygens (including phenoxy) is 2. The van der Waals surface area contributed by atoms with Crippen molar-refractivity contribution in [2.75, 3.05) is 26.4 Å². The van der Waals surface area contributed by atoms with Crippen molar-refractivity contribution in [3.63, 3.8) is 0 Å². The minimum absolute atomic E-state index is 0.0609. The van der Waals surface area contributed by atoms with Gasteiger partial charge in [0.1, 0.15) is 37.4 Å². The van der Waals surface area contributed by atoms with Gasteiger partial charge in [-0.3, -0.25) is 0 Å². The molecule has 1 aromatic carbocycles. The molecule has 8 heteroatoms. The minimum Gasteiger partial charge on any atom is -0.491 e. The number of nitrogens with one attached hydrogen (secondary N) is 1. The molecule has 0 saturated heterocycles. The maximum atomic E-state index is 9.99. The van der Waals surface area contributed by atoms with Crippen LogP contribution in [0.3, 0.4) is 0 Å². The normalized spacial score (nSPS) is 12.0. The van der Waals surface area contributed by atoms with E-state index in [-0.39, 0.29) is 19.8 Å². The van der Waals surface area contributed by atoms with Crippen LogP contribution in [0.15, 0.2) is 24.3 Å². The number of hydrogen-bond acceptors (Lipinski definition) is 7. The second-order valence-electron chi connectivity index (χ2n) is 4.91. The summed E-state index contributed by atoms with van der Waals surface area (Å²) in [4.78, 5) is 14.1. The largest absolute Gasteiger partial charge is 0.491 e. The van der Waals surface area contributed by atoms with Gasteiger partial charge in [0, 0.05) is 18.7 Å². The van der Waals surface area contributed by atoms with Gasteiger partial charge in [0.2, 0.25) is 0 Å². The SMILES string of the molecule is CC(C)NCC(O)COc1cccc(OCCO[N+](=O)[O-])c1. The van der Waals surface area contributed by atoms with Crippen LogP contribution in [0, 0.1) is 10.1 Å². The fourth-order valence-electron chi connectivity index (χ4n) is 1.55. The smallest absolute Gasteiger partial charge is 0.294 e. The summed E-state index contributed by atoms with van der Waals surface area (Å²) in [7, 11) is 0. The van der Waals surface area contributed by atoms with Crippen molar-refractivity contribution in [3.05, 3.63) is 34.4 Å². The van der Waals surface area contributed by atoms with Gasteiger partial charge >= 0.3 is 0 Å². The molecule has 124 valence electrons. The maximum absolute atomic E-state index is 9.99. The van der Waals surface area contributed by atoms with E-state index >= 15 is 0 Å². The molecule has 0 aliphatic heterocycles. The molecule has 0 saturated carbocycles. The molecule has 1 unspecified atom stereocenters. The van der Waals surface area contributed by atoms with Gasteiger partial charge in [0.15, 0.2) is 0 Å². The minimum atomic E-state index is -0.866. The first kappa shape index (κ1) is 18.0. The Morgan fingerprint density at radius 3 is 2.59 bits per heavy atom. The van der Waals surface area contributed by atoms with Crippen molar-refractivity contribution in [3.8, 4) is 11.5 Å². The number of nitrogens with zero attached hydrogens (tertiary/aromatic N) is 1. The second-order valence-corrected chi connectivity index (χ2v) is 4.91. The van der Waals surface area contributed by atoms with E-state index in [9.17, 15) is 15.2 Å². The molecule has 1 atom stereocenters. The Kier molecular flexibility index (Phi) is 8.01. The molecule has 1 rings (SSSR count). The molecule has 0 fully saturated rings. The van der Waals surface area contributed by atoms with Crippen LogP contribution in [-0.2, 0) is 4.84 Å². The first-order valence-electron chi connectivity index (χ1n) is 7.01. The van der Waals surface area contributed by atoms with Crippen molar-refractivity contribution in [2.24, 2.45) is 0 Å². The highest BCUT2D eigenvalue weighted by molar-refractivity contribution is 5.32. The summed E-state index contributed by atoms with van der Waals surface area (Å²) in [6.45, 7) is 4.52. The Morgan fingerprint density at radius 1 is 1.27 bits per heavy atom. The zero-order chi connectivity index (χ0) is 16.4. The Balaban J connectivity index is 2.32. The third-order valence-electron chi connectivity index (χ3n) is 2.56. The van der Waals surface area contributed by atoms with Crippen molar-refractivity contribution in [1.29, 1.82) is 0 Å². The average Bonchev–Trinajstić information content (AvgIpc) is 2.47. The molecule has 2 N–H and O–H groups in total. The predicted molar refractivity (Wildman–Crippen MR) is 79.5 cm³/mol. The van der Waals surface area contributed by atoms with Gasteiger partial charge in [-0.15, -0.1) is 10.1 Å². The van der Waals surface area contributed by atoms with Crippen LogP contribution in [-0.4, -0.2) is 48.7 Å². The van der Waals surface area contributed by atoms with Gasteiger partial charge in [-0.2, -0.15) is 0 Å². The zero-order valence-corrected chi connectivity index (χ0v) is 12.7. The Bertz CT molecular complexity index is 455. The molecule has 0 aromatic heterocycles. The van der Waals surface area contributed by atoms with Gasteiger partial charge in [0.25, 0.3) is 5.09 Å². The molecule has 0 heterocycles. The van der Waals surface area contributed by atoms with Crippen molar-refractivity contribution in [1.82, 2.24) is 5.32 Å². The Labute approximate surface area is 129 Å². The fourth-order valence-corrected chi connectivity index (χ4v) is 1.55. The Morgan fingerprint density at radius 2 is 1.95 bits per heavy atom. The van der Waals surface area contributed by atoms with Crippen molar-refractivity contribution < 1.29 is 24.5 Å². The molecule has 0 radical (unpaired) electrons. The standard InChI is InChI=1S/C14H22N2O6/c1-11(2)15-9-12(17)10-21-14-5-3-4-13(8-14)20-6-7-22-16(18)19/h3-5,8,11-12,15,17H,6-7,9-10H2,1-2H3. The van der Waals surface area contributed by atoms with Gasteiger partial charge < -0.3 is 24.7 Å². The molecule has 1 aromatic rings. The molecular weight excluding hydrogens is 292 g/mol. The number of hydrogen-bond donors (Lipinski definition) is 2. The van der Waals surface area contributed by atoms with E-state index in [4.69, 9.17) is 9.47 Å². The number of benzene rings is 1. The van der Waals surface area contributed by atoms with Crippen molar-refractivity contribution in [2.45, 2.75) is 26.0 Å². The summed E-state index contributed by atoms with van der Waals surface area (Å²) in [5.74, 6) is 1.07. The summed E-state index contributed by atoms with van der Waals surface area (Å²) in [6, 6.07) is 7.12. The van der Waals surface area contributed by atoms with E-state index in [0.29, 0.717) is 24.1 Å². The van der Waals surface area contributed by atoms with E-state index in [0.717, 1.165) is 0 Å². The molecule has 0 amide bonds. The predicted octanol–water partition coefficient (Wildman–Crippen LogP) is 1.01. The lowest BCUT2D eigenvalue weighted by Crippen LogP contribution is -2.35. The summed E-state index contributed by atoms with van der Waals surface area (Å²) < 4.78 is 10.8. The third kappa shape index (κ3) is 8.28. The van der Waals surface area contributed by atoms with E-state index < -0.39 is 11.2 Å². The van der Waals surface area contributed by atoms with E-state index in [1.54, 1.807) is 24.3 Å². The van der Waals surface area contributed by atoms with Crippen LogP contribution in [0.25, 0.3) is 0 Å². The number of aliphatic hydroxyl groups is 1. The highest BCUT2D eigenvalue weighted by Crippen LogP contribution is 2.19. The molecule has 8 nitrogen and oxygen atoms in total. The average molecular weight is 314 g/mol. The topological polar surface area (TPSA) is 103 Å². The van der Waals surface area contributed by atoms with Crippen LogP contribution in [0.1, 0.15) is 13.8 Å². The van der Waals surface area contributed by atoms with Gasteiger partial charge in [0.05, 0.1) is 0 Å². The molecular formula is C14H22N2O6. The van der Waals surface area contributed by atoms with Crippen LogP contribution in [0.4, 0.5) is 0 Å². The van der Waals surface area contributed by atoms with E-state index in [1.807, 2.05) is 13.8 Å². The number of aliphatic hydroxyl groups excluding tert-OH is 1. The van der Waals surface area contributed by atoms with Gasteiger partial charge in [-0.25, -0.2) is 0 Å². The first-order chi connectivity index (χ1) is 10.5. The molecule has 0 spiro atoms. The molecule has 0 aliphatic carbocycles. The van der Waals surface area contributed by atoms with Gasteiger partial charge in [-0.05, 0) is 12.1 Å². The fraction of sp³-hybridized carbons (Fsp3) is 0.571. The van der Waals surface area contributed by atoms with E-state index in [2.05, 4.69) is 10.2 Å². The summed E-state index contributed by atoms with van der Waals surface area (Å²) in [5, 5.41) is 22.0. The summed E-state index contributed by atoms with van der Waals surface area (Å²) in [6.07, 6.45) is -0.611. The van der Waals surface area contributed by atoms with E-state index in [1.165, 1.54) is 0 Å². The summed E-state index contributed by atoms with van der Waals surface area (Å²) in [5.41, 5.74) is 0. The van der Waals surface area contributed by atoms with Crippen LogP contribution in [0.5, 0.6) is 11.5 Å². The van der Waals surface area contributed by atoms with Crippen LogP contribution >= 0.6 is 0 Å². The quantitative estimate of drug-likeness (QED) is 0.357. The monoisotopic (exact) mass is 314 g/mol. The lowest BCUT2D eigenvalue weighted by Gasteiger charge is -2.15. The maximum Gasteiger partial charge on any atom is 0.294 e. The number of rotatable bonds is 11. The van der Waals surface area contributed by atoms with Crippen LogP contribution < -0.4 is 14.8 Å².